The zero-order chi connectivity index (χ0) is 16.4. The van der Waals surface area contributed by atoms with Crippen molar-refractivity contribution in [1.82, 2.24) is 0 Å². The lowest BCUT2D eigenvalue weighted by Gasteiger charge is -2.09. The van der Waals surface area contributed by atoms with E-state index in [1.165, 1.54) is 24.3 Å². The van der Waals surface area contributed by atoms with Gasteiger partial charge in [0, 0.05) is 10.7 Å². The van der Waals surface area contributed by atoms with Crippen molar-refractivity contribution in [2.75, 3.05) is 4.72 Å². The smallest absolute Gasteiger partial charge is 0.238 e. The molecule has 0 radical (unpaired) electrons. The lowest BCUT2D eigenvalue weighted by atomic mass is 10.2. The first-order chi connectivity index (χ1) is 10.2. The van der Waals surface area contributed by atoms with Crippen LogP contribution in [0.5, 0.6) is 0 Å². The summed E-state index contributed by atoms with van der Waals surface area (Å²) < 4.78 is 48.8. The fourth-order valence-corrected chi connectivity index (χ4v) is 3.77. The van der Waals surface area contributed by atoms with E-state index in [1.54, 1.807) is 24.3 Å². The van der Waals surface area contributed by atoms with E-state index in [0.717, 1.165) is 0 Å². The number of benzene rings is 2. The molecule has 0 spiro atoms. The molecule has 0 aromatic heterocycles. The van der Waals surface area contributed by atoms with Crippen molar-refractivity contribution in [3.8, 4) is 0 Å². The molecular weight excluding hydrogens is 348 g/mol. The average Bonchev–Trinajstić information content (AvgIpc) is 2.40. The van der Waals surface area contributed by atoms with Crippen LogP contribution < -0.4 is 9.86 Å². The number of anilines is 1. The molecule has 2 aromatic rings. The molecule has 0 aliphatic carbocycles. The van der Waals surface area contributed by atoms with Crippen LogP contribution in [0.25, 0.3) is 0 Å². The molecule has 0 heterocycles. The maximum atomic E-state index is 12.1. The number of sulfonamides is 2. The van der Waals surface area contributed by atoms with E-state index >= 15 is 0 Å². The Hall–Kier alpha value is -1.61. The van der Waals surface area contributed by atoms with Gasteiger partial charge in [-0.15, -0.1) is 0 Å². The summed E-state index contributed by atoms with van der Waals surface area (Å²) in [5.74, 6) is -0.288. The number of hydrogen-bond acceptors (Lipinski definition) is 4. The van der Waals surface area contributed by atoms with Crippen molar-refractivity contribution in [2.24, 2.45) is 5.14 Å². The van der Waals surface area contributed by atoms with Crippen molar-refractivity contribution in [2.45, 2.75) is 10.6 Å². The molecule has 9 heteroatoms. The third-order valence-electron chi connectivity index (χ3n) is 2.76. The van der Waals surface area contributed by atoms with E-state index in [0.29, 0.717) is 10.6 Å². The molecule has 0 fully saturated rings. The summed E-state index contributed by atoms with van der Waals surface area (Å²) in [4.78, 5) is -0.0958. The van der Waals surface area contributed by atoms with Gasteiger partial charge in [0.1, 0.15) is 0 Å². The molecule has 3 N–H and O–H groups in total. The van der Waals surface area contributed by atoms with E-state index in [1.807, 2.05) is 0 Å². The summed E-state index contributed by atoms with van der Waals surface area (Å²) in [5.41, 5.74) is 0.706. The maximum absolute atomic E-state index is 12.1. The summed E-state index contributed by atoms with van der Waals surface area (Å²) in [6.07, 6.45) is 0. The highest BCUT2D eigenvalue weighted by Crippen LogP contribution is 2.20. The van der Waals surface area contributed by atoms with Crippen molar-refractivity contribution >= 4 is 37.3 Å². The van der Waals surface area contributed by atoms with Gasteiger partial charge < -0.3 is 0 Å². The summed E-state index contributed by atoms with van der Waals surface area (Å²) >= 11 is 5.93. The minimum atomic E-state index is -3.81. The second kappa shape index (κ2) is 6.25. The van der Waals surface area contributed by atoms with Crippen molar-refractivity contribution in [3.63, 3.8) is 0 Å². The lowest BCUT2D eigenvalue weighted by Crippen LogP contribution is -2.16. The first-order valence-corrected chi connectivity index (χ1v) is 9.62. The third-order valence-corrected chi connectivity index (χ3v) is 5.30. The molecule has 0 atom stereocenters. The molecule has 0 aliphatic rings. The van der Waals surface area contributed by atoms with Gasteiger partial charge in [0.05, 0.1) is 10.6 Å². The van der Waals surface area contributed by atoms with Crippen LogP contribution in [0.15, 0.2) is 53.4 Å². The number of hydrogen-bond donors (Lipinski definition) is 2. The Balaban J connectivity index is 2.17. The molecule has 2 aromatic carbocycles. The van der Waals surface area contributed by atoms with Gasteiger partial charge in [0.25, 0.3) is 0 Å². The van der Waals surface area contributed by atoms with E-state index in [-0.39, 0.29) is 16.3 Å². The van der Waals surface area contributed by atoms with Gasteiger partial charge in [0.15, 0.2) is 0 Å². The zero-order valence-corrected chi connectivity index (χ0v) is 13.6. The quantitative estimate of drug-likeness (QED) is 0.849. The molecule has 0 saturated heterocycles. The van der Waals surface area contributed by atoms with Gasteiger partial charge in [-0.2, -0.15) is 0 Å². The summed E-state index contributed by atoms with van der Waals surface area (Å²) in [5, 5.41) is 5.33. The Morgan fingerprint density at radius 3 is 2.09 bits per heavy atom. The SMILES string of the molecule is NS(=O)(=O)c1ccc(NS(=O)(=O)Cc2ccccc2Cl)cc1. The molecule has 0 amide bonds. The molecule has 0 unspecified atom stereocenters. The van der Waals surface area contributed by atoms with Gasteiger partial charge in [-0.25, -0.2) is 22.0 Å². The molecule has 118 valence electrons. The number of nitrogens with one attached hydrogen (secondary N) is 1. The fraction of sp³-hybridized carbons (Fsp3) is 0.0769. The van der Waals surface area contributed by atoms with Crippen LogP contribution in [0.2, 0.25) is 5.02 Å². The maximum Gasteiger partial charge on any atom is 0.238 e. The summed E-state index contributed by atoms with van der Waals surface area (Å²) in [6, 6.07) is 11.7. The highest BCUT2D eigenvalue weighted by atomic mass is 35.5. The van der Waals surface area contributed by atoms with Crippen LogP contribution in [-0.4, -0.2) is 16.8 Å². The number of rotatable bonds is 5. The van der Waals surface area contributed by atoms with Crippen LogP contribution >= 0.6 is 11.6 Å². The lowest BCUT2D eigenvalue weighted by molar-refractivity contribution is 0.597. The molecule has 0 aliphatic heterocycles. The molecule has 2 rings (SSSR count). The van der Waals surface area contributed by atoms with E-state index in [9.17, 15) is 16.8 Å². The highest BCUT2D eigenvalue weighted by molar-refractivity contribution is 7.92. The molecule has 22 heavy (non-hydrogen) atoms. The van der Waals surface area contributed by atoms with Gasteiger partial charge in [-0.3, -0.25) is 4.72 Å². The Kier molecular flexibility index (Phi) is 4.76. The monoisotopic (exact) mass is 360 g/mol. The van der Waals surface area contributed by atoms with Crippen molar-refractivity contribution < 1.29 is 16.8 Å². The summed E-state index contributed by atoms with van der Waals surface area (Å²) in [6.45, 7) is 0. The number of halogens is 1. The normalized spacial score (nSPS) is 12.1. The van der Waals surface area contributed by atoms with Crippen LogP contribution in [0.1, 0.15) is 5.56 Å². The van der Waals surface area contributed by atoms with Gasteiger partial charge in [0.2, 0.25) is 20.0 Å². The topological polar surface area (TPSA) is 106 Å². The Bertz CT molecular complexity index is 879. The van der Waals surface area contributed by atoms with Crippen molar-refractivity contribution in [1.29, 1.82) is 0 Å². The minimum absolute atomic E-state index is 0.0958. The predicted molar refractivity (Wildman–Crippen MR) is 85.5 cm³/mol. The van der Waals surface area contributed by atoms with Crippen molar-refractivity contribution in [3.05, 3.63) is 59.1 Å². The van der Waals surface area contributed by atoms with E-state index < -0.39 is 20.0 Å². The first-order valence-electron chi connectivity index (χ1n) is 6.04. The third kappa shape index (κ3) is 4.44. The number of nitrogens with two attached hydrogens (primary N) is 1. The second-order valence-corrected chi connectivity index (χ2v) is 8.21. The van der Waals surface area contributed by atoms with Crippen LogP contribution in [-0.2, 0) is 25.8 Å². The highest BCUT2D eigenvalue weighted by Gasteiger charge is 2.14. The van der Waals surface area contributed by atoms with Gasteiger partial charge in [-0.05, 0) is 35.9 Å². The van der Waals surface area contributed by atoms with E-state index in [2.05, 4.69) is 4.72 Å². The Morgan fingerprint density at radius 1 is 0.955 bits per heavy atom. The van der Waals surface area contributed by atoms with Crippen LogP contribution in [0.3, 0.4) is 0 Å². The first kappa shape index (κ1) is 16.8. The van der Waals surface area contributed by atoms with Gasteiger partial charge >= 0.3 is 0 Å². The minimum Gasteiger partial charge on any atom is -0.283 e. The Labute approximate surface area is 134 Å². The van der Waals surface area contributed by atoms with Crippen LogP contribution in [0.4, 0.5) is 5.69 Å². The summed E-state index contributed by atoms with van der Waals surface area (Å²) in [7, 11) is -7.49. The largest absolute Gasteiger partial charge is 0.283 e. The average molecular weight is 361 g/mol. The second-order valence-electron chi connectivity index (χ2n) is 4.52. The Morgan fingerprint density at radius 2 is 1.55 bits per heavy atom. The molecule has 0 saturated carbocycles. The van der Waals surface area contributed by atoms with Crippen LogP contribution in [0, 0.1) is 0 Å². The zero-order valence-electron chi connectivity index (χ0n) is 11.2. The molecule has 6 nitrogen and oxygen atoms in total. The van der Waals surface area contributed by atoms with Gasteiger partial charge in [-0.1, -0.05) is 29.8 Å². The number of primary sulfonamides is 1. The van der Waals surface area contributed by atoms with E-state index in [4.69, 9.17) is 16.7 Å². The molecular formula is C13H13ClN2O4S2. The predicted octanol–water partition coefficient (Wildman–Crippen LogP) is 1.93. The molecule has 0 bridgehead atoms. The fourth-order valence-electron chi connectivity index (χ4n) is 1.75. The standard InChI is InChI=1S/C13H13ClN2O4S2/c14-13-4-2-1-3-10(13)9-21(17,18)16-11-5-7-12(8-6-11)22(15,19)20/h1-8,16H,9H2,(H2,15,19,20).